The number of hydrogen-bond acceptors (Lipinski definition) is 5. The van der Waals surface area contributed by atoms with Gasteiger partial charge < -0.3 is 14.9 Å². The molecule has 2 rings (SSSR count). The van der Waals surface area contributed by atoms with E-state index >= 15 is 0 Å². The molecule has 0 radical (unpaired) electrons. The number of nitrogens with two attached hydrogens (primary N) is 1. The zero-order valence-corrected chi connectivity index (χ0v) is 13.4. The molecule has 0 bridgehead atoms. The molecule has 0 aliphatic heterocycles. The van der Waals surface area contributed by atoms with E-state index in [1.54, 1.807) is 26.0 Å². The van der Waals surface area contributed by atoms with Gasteiger partial charge in [-0.15, -0.1) is 0 Å². The highest BCUT2D eigenvalue weighted by atomic mass is 16.5. The predicted octanol–water partition coefficient (Wildman–Crippen LogP) is 3.33. The second-order valence-electron chi connectivity index (χ2n) is 5.60. The van der Waals surface area contributed by atoms with Crippen molar-refractivity contribution in [3.8, 4) is 5.75 Å². The van der Waals surface area contributed by atoms with Gasteiger partial charge in [0.2, 0.25) is 0 Å². The highest BCUT2D eigenvalue weighted by Crippen LogP contribution is 2.31. The van der Waals surface area contributed by atoms with Crippen LogP contribution in [0.15, 0.2) is 21.3 Å². The number of rotatable bonds is 4. The maximum Gasteiger partial charge on any atom is 0.341 e. The monoisotopic (exact) mass is 303 g/mol. The first-order chi connectivity index (χ1) is 10.4. The molecule has 2 aromatic rings. The predicted molar refractivity (Wildman–Crippen MR) is 86.1 cm³/mol. The number of anilines is 1. The number of carbonyl (C=O) groups excluding carboxylic acids is 1. The van der Waals surface area contributed by atoms with Gasteiger partial charge in [-0.2, -0.15) is 0 Å². The van der Waals surface area contributed by atoms with Crippen LogP contribution in [-0.2, 0) is 4.79 Å². The molecule has 1 heterocycles. The van der Waals surface area contributed by atoms with Crippen molar-refractivity contribution in [3.05, 3.63) is 33.7 Å². The number of benzene rings is 1. The van der Waals surface area contributed by atoms with Gasteiger partial charge in [0.15, 0.2) is 0 Å². The third kappa shape index (κ3) is 2.84. The molecule has 0 saturated heterocycles. The van der Waals surface area contributed by atoms with E-state index in [2.05, 4.69) is 0 Å². The summed E-state index contributed by atoms with van der Waals surface area (Å²) in [7, 11) is 0. The lowest BCUT2D eigenvalue weighted by atomic mass is 10.1. The van der Waals surface area contributed by atoms with E-state index in [1.807, 2.05) is 13.8 Å². The SMILES string of the molecule is CCCC(C)C(=O)Oc1ccc2c(N)c(C)c(=O)oc2c1C. The molecule has 1 atom stereocenters. The highest BCUT2D eigenvalue weighted by molar-refractivity contribution is 5.93. The van der Waals surface area contributed by atoms with E-state index in [0.717, 1.165) is 12.8 Å². The van der Waals surface area contributed by atoms with Crippen molar-refractivity contribution in [2.75, 3.05) is 5.73 Å². The Morgan fingerprint density at radius 2 is 2.00 bits per heavy atom. The molecule has 1 unspecified atom stereocenters. The first-order valence-electron chi connectivity index (χ1n) is 7.41. The average molecular weight is 303 g/mol. The molecule has 0 aliphatic carbocycles. The molecule has 22 heavy (non-hydrogen) atoms. The molecule has 0 saturated carbocycles. The Morgan fingerprint density at radius 1 is 1.32 bits per heavy atom. The molecule has 1 aromatic carbocycles. The minimum absolute atomic E-state index is 0.171. The van der Waals surface area contributed by atoms with Gasteiger partial charge in [-0.25, -0.2) is 4.79 Å². The minimum atomic E-state index is -0.476. The fraction of sp³-hybridized carbons (Fsp3) is 0.412. The van der Waals surface area contributed by atoms with E-state index < -0.39 is 5.63 Å². The van der Waals surface area contributed by atoms with Crippen LogP contribution in [-0.4, -0.2) is 5.97 Å². The Morgan fingerprint density at radius 3 is 2.64 bits per heavy atom. The lowest BCUT2D eigenvalue weighted by Crippen LogP contribution is -2.18. The van der Waals surface area contributed by atoms with Crippen LogP contribution in [0.25, 0.3) is 11.0 Å². The van der Waals surface area contributed by atoms with Crippen molar-refractivity contribution in [1.82, 2.24) is 0 Å². The van der Waals surface area contributed by atoms with E-state index in [4.69, 9.17) is 14.9 Å². The Labute approximate surface area is 129 Å². The number of fused-ring (bicyclic) bond motifs is 1. The van der Waals surface area contributed by atoms with Crippen LogP contribution in [0.1, 0.15) is 37.8 Å². The first kappa shape index (κ1) is 16.1. The van der Waals surface area contributed by atoms with Crippen LogP contribution >= 0.6 is 0 Å². The standard InChI is InChI=1S/C17H21NO4/c1-5-6-9(2)16(19)21-13-8-7-12-14(18)11(4)17(20)22-15(12)10(13)3/h7-9H,5-6,18H2,1-4H3. The highest BCUT2D eigenvalue weighted by Gasteiger charge is 2.18. The van der Waals surface area contributed by atoms with Crippen molar-refractivity contribution in [3.63, 3.8) is 0 Å². The van der Waals surface area contributed by atoms with Crippen molar-refractivity contribution in [1.29, 1.82) is 0 Å². The summed E-state index contributed by atoms with van der Waals surface area (Å²) in [6.45, 7) is 7.22. The third-order valence-electron chi connectivity index (χ3n) is 3.89. The Kier molecular flexibility index (Phi) is 4.54. The molecule has 0 fully saturated rings. The lowest BCUT2D eigenvalue weighted by Gasteiger charge is -2.13. The maximum absolute atomic E-state index is 12.0. The van der Waals surface area contributed by atoms with Crippen LogP contribution in [0.4, 0.5) is 5.69 Å². The molecule has 0 aliphatic rings. The van der Waals surface area contributed by atoms with Crippen molar-refractivity contribution in [2.45, 2.75) is 40.5 Å². The van der Waals surface area contributed by atoms with Crippen LogP contribution < -0.4 is 16.1 Å². The molecule has 5 heteroatoms. The smallest absolute Gasteiger partial charge is 0.341 e. The fourth-order valence-corrected chi connectivity index (χ4v) is 2.37. The van der Waals surface area contributed by atoms with Crippen LogP contribution in [0, 0.1) is 19.8 Å². The van der Waals surface area contributed by atoms with Gasteiger partial charge in [0.05, 0.1) is 17.2 Å². The normalized spacial score (nSPS) is 12.4. The molecule has 118 valence electrons. The summed E-state index contributed by atoms with van der Waals surface area (Å²) in [5.74, 6) is -0.0613. The minimum Gasteiger partial charge on any atom is -0.426 e. The molecule has 0 spiro atoms. The number of nitrogen functional groups attached to an aromatic ring is 1. The van der Waals surface area contributed by atoms with Crippen molar-refractivity contribution < 1.29 is 13.9 Å². The van der Waals surface area contributed by atoms with Crippen LogP contribution in [0.5, 0.6) is 5.75 Å². The summed E-state index contributed by atoms with van der Waals surface area (Å²) in [5.41, 5.74) is 7.22. The molecule has 2 N–H and O–H groups in total. The van der Waals surface area contributed by atoms with E-state index in [0.29, 0.717) is 33.5 Å². The first-order valence-corrected chi connectivity index (χ1v) is 7.41. The quantitative estimate of drug-likeness (QED) is 0.532. The van der Waals surface area contributed by atoms with Gasteiger partial charge in [-0.3, -0.25) is 4.79 Å². The number of aryl methyl sites for hydroxylation is 1. The van der Waals surface area contributed by atoms with E-state index in [-0.39, 0.29) is 11.9 Å². The zero-order valence-electron chi connectivity index (χ0n) is 13.4. The third-order valence-corrected chi connectivity index (χ3v) is 3.89. The Balaban J connectivity index is 2.46. The van der Waals surface area contributed by atoms with E-state index in [1.165, 1.54) is 0 Å². The Bertz CT molecular complexity index is 776. The van der Waals surface area contributed by atoms with Gasteiger partial charge in [-0.1, -0.05) is 20.3 Å². The molecule has 5 nitrogen and oxygen atoms in total. The largest absolute Gasteiger partial charge is 0.426 e. The maximum atomic E-state index is 12.0. The topological polar surface area (TPSA) is 82.5 Å². The van der Waals surface area contributed by atoms with Crippen molar-refractivity contribution in [2.24, 2.45) is 5.92 Å². The number of esters is 1. The summed E-state index contributed by atoms with van der Waals surface area (Å²) < 4.78 is 10.7. The second-order valence-corrected chi connectivity index (χ2v) is 5.60. The van der Waals surface area contributed by atoms with Crippen molar-refractivity contribution >= 4 is 22.6 Å². The van der Waals surface area contributed by atoms with Gasteiger partial charge in [0.25, 0.3) is 0 Å². The van der Waals surface area contributed by atoms with Gasteiger partial charge in [0, 0.05) is 10.9 Å². The zero-order chi connectivity index (χ0) is 16.4. The van der Waals surface area contributed by atoms with Crippen LogP contribution in [0.3, 0.4) is 0 Å². The van der Waals surface area contributed by atoms with Gasteiger partial charge >= 0.3 is 11.6 Å². The number of ether oxygens (including phenoxy) is 1. The summed E-state index contributed by atoms with van der Waals surface area (Å²) in [6, 6.07) is 3.39. The molecule has 0 amide bonds. The van der Waals surface area contributed by atoms with Gasteiger partial charge in [0.1, 0.15) is 11.3 Å². The van der Waals surface area contributed by atoms with Gasteiger partial charge in [-0.05, 0) is 32.4 Å². The molecular weight excluding hydrogens is 282 g/mol. The summed E-state index contributed by atoms with van der Waals surface area (Å²) in [5, 5.41) is 0.649. The molecule has 1 aromatic heterocycles. The number of hydrogen-bond donors (Lipinski definition) is 1. The number of carbonyl (C=O) groups is 1. The lowest BCUT2D eigenvalue weighted by molar-refractivity contribution is -0.138. The Hall–Kier alpha value is -2.30. The van der Waals surface area contributed by atoms with E-state index in [9.17, 15) is 9.59 Å². The summed E-state index contributed by atoms with van der Waals surface area (Å²) in [6.07, 6.45) is 1.68. The summed E-state index contributed by atoms with van der Waals surface area (Å²) >= 11 is 0. The fourth-order valence-electron chi connectivity index (χ4n) is 2.37. The average Bonchev–Trinajstić information content (AvgIpc) is 2.48. The second kappa shape index (κ2) is 6.22. The van der Waals surface area contributed by atoms with Crippen LogP contribution in [0.2, 0.25) is 0 Å². The molecular formula is C17H21NO4. The summed E-state index contributed by atoms with van der Waals surface area (Å²) in [4.78, 5) is 23.8.